The lowest BCUT2D eigenvalue weighted by molar-refractivity contribution is -0.121. The van der Waals surface area contributed by atoms with E-state index in [1.165, 1.54) is 5.56 Å². The van der Waals surface area contributed by atoms with E-state index in [0.29, 0.717) is 13.0 Å². The zero-order chi connectivity index (χ0) is 13.2. The van der Waals surface area contributed by atoms with Gasteiger partial charge < -0.3 is 10.1 Å². The van der Waals surface area contributed by atoms with Gasteiger partial charge in [0.25, 0.3) is 0 Å². The number of ether oxygens (including phenoxy) is 1. The van der Waals surface area contributed by atoms with E-state index >= 15 is 0 Å². The van der Waals surface area contributed by atoms with Crippen molar-refractivity contribution in [2.75, 3.05) is 13.2 Å². The fourth-order valence-corrected chi connectivity index (χ4v) is 1.58. The van der Waals surface area contributed by atoms with Gasteiger partial charge in [0.1, 0.15) is 5.75 Å². The third-order valence-electron chi connectivity index (χ3n) is 2.78. The van der Waals surface area contributed by atoms with Gasteiger partial charge in [-0.2, -0.15) is 0 Å². The maximum atomic E-state index is 11.4. The monoisotopic (exact) mass is 249 g/mol. The highest BCUT2D eigenvalue weighted by Crippen LogP contribution is 2.12. The van der Waals surface area contributed by atoms with Gasteiger partial charge in [0.05, 0.1) is 13.0 Å². The molecule has 0 bridgehead atoms. The first-order valence-corrected chi connectivity index (χ1v) is 6.74. The van der Waals surface area contributed by atoms with Gasteiger partial charge in [0.15, 0.2) is 0 Å². The minimum Gasteiger partial charge on any atom is -0.493 e. The van der Waals surface area contributed by atoms with Crippen molar-refractivity contribution in [2.24, 2.45) is 0 Å². The SMILES string of the molecule is CCCCNC(=O)CCOc1ccc(CC)cc1. The zero-order valence-electron chi connectivity index (χ0n) is 11.4. The van der Waals surface area contributed by atoms with Crippen LogP contribution in [0.2, 0.25) is 0 Å². The first kappa shape index (κ1) is 14.6. The fraction of sp³-hybridized carbons (Fsp3) is 0.533. The summed E-state index contributed by atoms with van der Waals surface area (Å²) in [4.78, 5) is 11.4. The van der Waals surface area contributed by atoms with Crippen molar-refractivity contribution in [3.05, 3.63) is 29.8 Å². The fourth-order valence-electron chi connectivity index (χ4n) is 1.58. The number of hydrogen-bond acceptors (Lipinski definition) is 2. The average molecular weight is 249 g/mol. The van der Waals surface area contributed by atoms with Crippen molar-refractivity contribution in [2.45, 2.75) is 39.5 Å². The summed E-state index contributed by atoms with van der Waals surface area (Å²) in [7, 11) is 0. The molecule has 1 aromatic rings. The van der Waals surface area contributed by atoms with Gasteiger partial charge in [-0.05, 0) is 30.5 Å². The zero-order valence-corrected chi connectivity index (χ0v) is 11.4. The van der Waals surface area contributed by atoms with Crippen LogP contribution in [0.5, 0.6) is 5.75 Å². The Bertz CT molecular complexity index is 346. The van der Waals surface area contributed by atoms with Crippen molar-refractivity contribution in [3.63, 3.8) is 0 Å². The molecular weight excluding hydrogens is 226 g/mol. The lowest BCUT2D eigenvalue weighted by Gasteiger charge is -2.07. The van der Waals surface area contributed by atoms with Gasteiger partial charge >= 0.3 is 0 Å². The Hall–Kier alpha value is -1.51. The van der Waals surface area contributed by atoms with Crippen molar-refractivity contribution >= 4 is 5.91 Å². The van der Waals surface area contributed by atoms with Crippen LogP contribution in [-0.2, 0) is 11.2 Å². The first-order valence-electron chi connectivity index (χ1n) is 6.74. The number of nitrogens with one attached hydrogen (secondary N) is 1. The third-order valence-corrected chi connectivity index (χ3v) is 2.78. The maximum Gasteiger partial charge on any atom is 0.223 e. The van der Waals surface area contributed by atoms with Crippen LogP contribution in [0.1, 0.15) is 38.7 Å². The van der Waals surface area contributed by atoms with Gasteiger partial charge in [-0.15, -0.1) is 0 Å². The summed E-state index contributed by atoms with van der Waals surface area (Å²) in [6.07, 6.45) is 3.57. The molecule has 0 atom stereocenters. The lowest BCUT2D eigenvalue weighted by Crippen LogP contribution is -2.25. The number of amides is 1. The topological polar surface area (TPSA) is 38.3 Å². The second-order valence-corrected chi connectivity index (χ2v) is 4.30. The minimum atomic E-state index is 0.0635. The molecule has 0 aliphatic carbocycles. The van der Waals surface area contributed by atoms with E-state index in [4.69, 9.17) is 4.74 Å². The molecule has 0 heterocycles. The molecule has 18 heavy (non-hydrogen) atoms. The summed E-state index contributed by atoms with van der Waals surface area (Å²) in [5.74, 6) is 0.891. The summed E-state index contributed by atoms with van der Waals surface area (Å²) in [5, 5.41) is 2.87. The van der Waals surface area contributed by atoms with E-state index in [2.05, 4.69) is 31.3 Å². The molecule has 0 unspecified atom stereocenters. The van der Waals surface area contributed by atoms with Crippen LogP contribution in [0.4, 0.5) is 0 Å². The molecule has 1 rings (SSSR count). The van der Waals surface area contributed by atoms with Crippen LogP contribution >= 0.6 is 0 Å². The molecule has 3 heteroatoms. The number of rotatable bonds is 8. The van der Waals surface area contributed by atoms with E-state index in [9.17, 15) is 4.79 Å². The summed E-state index contributed by atoms with van der Waals surface area (Å²) in [6.45, 7) is 5.43. The summed E-state index contributed by atoms with van der Waals surface area (Å²) < 4.78 is 5.52. The van der Waals surface area contributed by atoms with Crippen LogP contribution in [0.15, 0.2) is 24.3 Å². The summed E-state index contributed by atoms with van der Waals surface area (Å²) >= 11 is 0. The highest BCUT2D eigenvalue weighted by Gasteiger charge is 2.01. The molecule has 0 aromatic heterocycles. The van der Waals surface area contributed by atoms with Crippen molar-refractivity contribution in [1.29, 1.82) is 0 Å². The molecule has 1 amide bonds. The molecule has 1 N–H and O–H groups in total. The Kier molecular flexibility index (Phi) is 6.92. The van der Waals surface area contributed by atoms with Gasteiger partial charge in [0.2, 0.25) is 5.91 Å². The highest BCUT2D eigenvalue weighted by molar-refractivity contribution is 5.75. The van der Waals surface area contributed by atoms with Crippen LogP contribution in [0.3, 0.4) is 0 Å². The number of hydrogen-bond donors (Lipinski definition) is 1. The molecule has 0 aliphatic rings. The Balaban J connectivity index is 2.18. The second kappa shape index (κ2) is 8.56. The van der Waals surface area contributed by atoms with Crippen molar-refractivity contribution in [3.8, 4) is 5.75 Å². The quantitative estimate of drug-likeness (QED) is 0.719. The van der Waals surface area contributed by atoms with Crippen molar-refractivity contribution < 1.29 is 9.53 Å². The predicted octanol–water partition coefficient (Wildman–Crippen LogP) is 2.93. The smallest absolute Gasteiger partial charge is 0.223 e. The normalized spacial score (nSPS) is 10.1. The van der Waals surface area contributed by atoms with Gasteiger partial charge in [-0.1, -0.05) is 32.4 Å². The van der Waals surface area contributed by atoms with E-state index < -0.39 is 0 Å². The van der Waals surface area contributed by atoms with Crippen LogP contribution in [-0.4, -0.2) is 19.1 Å². The summed E-state index contributed by atoms with van der Waals surface area (Å²) in [5.41, 5.74) is 1.29. The Labute approximate surface area is 110 Å². The molecule has 0 radical (unpaired) electrons. The molecule has 0 saturated carbocycles. The maximum absolute atomic E-state index is 11.4. The predicted molar refractivity (Wildman–Crippen MR) is 73.8 cm³/mol. The molecule has 3 nitrogen and oxygen atoms in total. The standard InChI is InChI=1S/C15H23NO2/c1-3-5-11-16-15(17)10-12-18-14-8-6-13(4-2)7-9-14/h6-9H,3-5,10-12H2,1-2H3,(H,16,17). The Morgan fingerprint density at radius 1 is 1.22 bits per heavy atom. The average Bonchev–Trinajstić information content (AvgIpc) is 2.40. The minimum absolute atomic E-state index is 0.0635. The third kappa shape index (κ3) is 5.71. The molecular formula is C15H23NO2. The Morgan fingerprint density at radius 3 is 2.56 bits per heavy atom. The van der Waals surface area contributed by atoms with Crippen LogP contribution in [0.25, 0.3) is 0 Å². The number of aryl methyl sites for hydroxylation is 1. The van der Waals surface area contributed by atoms with Crippen molar-refractivity contribution in [1.82, 2.24) is 5.32 Å². The van der Waals surface area contributed by atoms with E-state index in [1.54, 1.807) is 0 Å². The largest absolute Gasteiger partial charge is 0.493 e. The van der Waals surface area contributed by atoms with E-state index in [1.807, 2.05) is 12.1 Å². The lowest BCUT2D eigenvalue weighted by atomic mass is 10.2. The molecule has 0 spiro atoms. The molecule has 0 saturated heterocycles. The van der Waals surface area contributed by atoms with Crippen LogP contribution < -0.4 is 10.1 Å². The Morgan fingerprint density at radius 2 is 1.94 bits per heavy atom. The number of benzene rings is 1. The highest BCUT2D eigenvalue weighted by atomic mass is 16.5. The second-order valence-electron chi connectivity index (χ2n) is 4.30. The van der Waals surface area contributed by atoms with E-state index in [0.717, 1.165) is 31.6 Å². The molecule has 0 aliphatic heterocycles. The summed E-state index contributed by atoms with van der Waals surface area (Å²) in [6, 6.07) is 8.01. The first-order chi connectivity index (χ1) is 8.76. The number of carbonyl (C=O) groups excluding carboxylic acids is 1. The van der Waals surface area contributed by atoms with Crippen LogP contribution in [0, 0.1) is 0 Å². The molecule has 1 aromatic carbocycles. The number of unbranched alkanes of at least 4 members (excludes halogenated alkanes) is 1. The van der Waals surface area contributed by atoms with E-state index in [-0.39, 0.29) is 5.91 Å². The number of carbonyl (C=O) groups is 1. The van der Waals surface area contributed by atoms with Gasteiger partial charge in [0, 0.05) is 6.54 Å². The molecule has 0 fully saturated rings. The van der Waals surface area contributed by atoms with Gasteiger partial charge in [-0.3, -0.25) is 4.79 Å². The van der Waals surface area contributed by atoms with Gasteiger partial charge in [-0.25, -0.2) is 0 Å². The molecule has 100 valence electrons.